The first-order valence-electron chi connectivity index (χ1n) is 6.38. The number of aryl methyl sites for hydroxylation is 2. The summed E-state index contributed by atoms with van der Waals surface area (Å²) in [7, 11) is 2.89. The molecule has 0 bridgehead atoms. The van der Waals surface area contributed by atoms with Gasteiger partial charge in [-0.05, 0) is 6.92 Å². The minimum Gasteiger partial charge on any atom is -0.469 e. The van der Waals surface area contributed by atoms with Gasteiger partial charge in [0.2, 0.25) is 0 Å². The van der Waals surface area contributed by atoms with Crippen LogP contribution in [-0.4, -0.2) is 37.9 Å². The third kappa shape index (κ3) is 2.87. The molecule has 2 aromatic heterocycles. The van der Waals surface area contributed by atoms with Gasteiger partial charge in [-0.2, -0.15) is 0 Å². The summed E-state index contributed by atoms with van der Waals surface area (Å²) in [5, 5.41) is 0.600. The lowest BCUT2D eigenvalue weighted by molar-refractivity contribution is -0.140. The molecule has 2 rings (SSSR count). The first-order valence-corrected chi connectivity index (χ1v) is 7.37. The second-order valence-electron chi connectivity index (χ2n) is 4.30. The predicted octanol–water partition coefficient (Wildman–Crippen LogP) is 0.0984. The lowest BCUT2D eigenvalue weighted by Gasteiger charge is -2.04. The predicted molar refractivity (Wildman–Crippen MR) is 78.6 cm³/mol. The number of rotatable bonds is 5. The van der Waals surface area contributed by atoms with Crippen LogP contribution in [0.5, 0.6) is 0 Å². The quantitative estimate of drug-likeness (QED) is 0.621. The number of H-pyrrole nitrogens is 1. The van der Waals surface area contributed by atoms with Gasteiger partial charge in [0.1, 0.15) is 0 Å². The SMILES string of the molecule is CCn1c(SCCC(=O)OC)nc2c1c(=O)[nH]c(=O)n2C. The third-order valence-corrected chi connectivity index (χ3v) is 4.03. The molecule has 0 radical (unpaired) electrons. The van der Waals surface area contributed by atoms with Crippen molar-refractivity contribution in [2.24, 2.45) is 7.05 Å². The van der Waals surface area contributed by atoms with E-state index in [1.54, 1.807) is 11.6 Å². The van der Waals surface area contributed by atoms with Crippen molar-refractivity contribution in [1.82, 2.24) is 19.1 Å². The van der Waals surface area contributed by atoms with Gasteiger partial charge in [-0.1, -0.05) is 11.8 Å². The molecule has 21 heavy (non-hydrogen) atoms. The Balaban J connectivity index is 2.43. The van der Waals surface area contributed by atoms with Gasteiger partial charge in [0.25, 0.3) is 5.56 Å². The summed E-state index contributed by atoms with van der Waals surface area (Å²) in [5.74, 6) is 0.189. The monoisotopic (exact) mass is 312 g/mol. The molecule has 8 nitrogen and oxygen atoms in total. The molecule has 0 aliphatic rings. The van der Waals surface area contributed by atoms with Crippen molar-refractivity contribution >= 4 is 28.9 Å². The van der Waals surface area contributed by atoms with Gasteiger partial charge in [-0.15, -0.1) is 0 Å². The molecule has 9 heteroatoms. The van der Waals surface area contributed by atoms with Gasteiger partial charge in [0.05, 0.1) is 13.5 Å². The van der Waals surface area contributed by atoms with E-state index in [0.29, 0.717) is 28.6 Å². The Morgan fingerprint density at radius 1 is 1.43 bits per heavy atom. The van der Waals surface area contributed by atoms with Crippen molar-refractivity contribution in [1.29, 1.82) is 0 Å². The molecule has 114 valence electrons. The molecule has 0 atom stereocenters. The van der Waals surface area contributed by atoms with Crippen LogP contribution in [0.1, 0.15) is 13.3 Å². The molecule has 2 heterocycles. The van der Waals surface area contributed by atoms with Gasteiger partial charge in [-0.25, -0.2) is 9.78 Å². The number of nitrogens with zero attached hydrogens (tertiary/aromatic N) is 3. The van der Waals surface area contributed by atoms with E-state index in [0.717, 1.165) is 0 Å². The summed E-state index contributed by atoms with van der Waals surface area (Å²) in [6.07, 6.45) is 0.253. The second kappa shape index (κ2) is 6.17. The lowest BCUT2D eigenvalue weighted by atomic mass is 10.5. The Kier molecular flexibility index (Phi) is 4.51. The van der Waals surface area contributed by atoms with Gasteiger partial charge < -0.3 is 9.30 Å². The molecule has 0 saturated carbocycles. The summed E-state index contributed by atoms with van der Waals surface area (Å²) in [4.78, 5) is 41.3. The van der Waals surface area contributed by atoms with Crippen LogP contribution >= 0.6 is 11.8 Å². The number of imidazole rings is 1. The number of carbonyl (C=O) groups is 1. The number of aromatic nitrogens is 4. The van der Waals surface area contributed by atoms with E-state index in [1.165, 1.54) is 23.4 Å². The minimum atomic E-state index is -0.501. The molecular formula is C12H16N4O4S. The number of thioether (sulfide) groups is 1. The fourth-order valence-electron chi connectivity index (χ4n) is 1.95. The van der Waals surface area contributed by atoms with E-state index >= 15 is 0 Å². The van der Waals surface area contributed by atoms with Crippen LogP contribution in [0.15, 0.2) is 14.7 Å². The first kappa shape index (κ1) is 15.4. The van der Waals surface area contributed by atoms with E-state index < -0.39 is 11.2 Å². The average Bonchev–Trinajstić information content (AvgIpc) is 2.83. The molecule has 0 amide bonds. The number of carbonyl (C=O) groups excluding carboxylic acids is 1. The molecule has 2 aromatic rings. The Hall–Kier alpha value is -2.03. The number of aromatic amines is 1. The molecule has 1 N–H and O–H groups in total. The highest BCUT2D eigenvalue weighted by Gasteiger charge is 2.16. The maximum Gasteiger partial charge on any atom is 0.329 e. The highest BCUT2D eigenvalue weighted by atomic mass is 32.2. The number of hydrogen-bond acceptors (Lipinski definition) is 6. The maximum absolute atomic E-state index is 12.0. The fraction of sp³-hybridized carbons (Fsp3) is 0.500. The molecule has 0 aromatic carbocycles. The van der Waals surface area contributed by atoms with Crippen molar-refractivity contribution in [2.75, 3.05) is 12.9 Å². The van der Waals surface area contributed by atoms with Gasteiger partial charge >= 0.3 is 11.7 Å². The maximum atomic E-state index is 12.0. The Bertz CT molecular complexity index is 789. The van der Waals surface area contributed by atoms with Crippen LogP contribution in [0.2, 0.25) is 0 Å². The van der Waals surface area contributed by atoms with Crippen LogP contribution in [0.4, 0.5) is 0 Å². The van der Waals surface area contributed by atoms with Crippen molar-refractivity contribution in [3.8, 4) is 0 Å². The third-order valence-electron chi connectivity index (χ3n) is 3.05. The summed E-state index contributed by atoms with van der Waals surface area (Å²) < 4.78 is 7.61. The van der Waals surface area contributed by atoms with E-state index in [2.05, 4.69) is 14.7 Å². The van der Waals surface area contributed by atoms with Crippen LogP contribution in [0.3, 0.4) is 0 Å². The number of esters is 1. The number of hydrogen-bond donors (Lipinski definition) is 1. The van der Waals surface area contributed by atoms with Gasteiger partial charge in [0, 0.05) is 19.3 Å². The van der Waals surface area contributed by atoms with E-state index in [9.17, 15) is 14.4 Å². The normalized spacial score (nSPS) is 11.0. The summed E-state index contributed by atoms with van der Waals surface area (Å²) in [6.45, 7) is 2.42. The van der Waals surface area contributed by atoms with Gasteiger partial charge in [0.15, 0.2) is 16.3 Å². The number of methoxy groups -OCH3 is 1. The van der Waals surface area contributed by atoms with Gasteiger partial charge in [-0.3, -0.25) is 19.1 Å². The molecule has 0 aliphatic carbocycles. The van der Waals surface area contributed by atoms with E-state index in [1.807, 2.05) is 6.92 Å². The first-order chi connectivity index (χ1) is 9.99. The molecule has 0 spiro atoms. The highest BCUT2D eigenvalue weighted by Crippen LogP contribution is 2.21. The molecule has 0 saturated heterocycles. The summed E-state index contributed by atoms with van der Waals surface area (Å²) in [5.41, 5.74) is -0.257. The zero-order valence-corrected chi connectivity index (χ0v) is 12.8. The second-order valence-corrected chi connectivity index (χ2v) is 5.37. The molecule has 0 unspecified atom stereocenters. The Morgan fingerprint density at radius 2 is 2.14 bits per heavy atom. The lowest BCUT2D eigenvalue weighted by Crippen LogP contribution is -2.29. The zero-order valence-electron chi connectivity index (χ0n) is 12.0. The largest absolute Gasteiger partial charge is 0.469 e. The Labute approximate surface area is 124 Å². The standard InChI is InChI=1S/C12H16N4O4S/c1-4-16-8-9(15(2)11(19)14-10(8)18)13-12(16)21-6-5-7(17)20-3/h4-6H2,1-3H3,(H,14,18,19). The van der Waals surface area contributed by atoms with Crippen molar-refractivity contribution in [3.05, 3.63) is 20.8 Å². The topological polar surface area (TPSA) is 99.0 Å². The van der Waals surface area contributed by atoms with Crippen molar-refractivity contribution in [3.63, 3.8) is 0 Å². The van der Waals surface area contributed by atoms with E-state index in [4.69, 9.17) is 0 Å². The number of nitrogens with one attached hydrogen (secondary N) is 1. The van der Waals surface area contributed by atoms with Crippen LogP contribution in [0.25, 0.3) is 11.2 Å². The highest BCUT2D eigenvalue weighted by molar-refractivity contribution is 7.99. The number of fused-ring (bicyclic) bond motifs is 1. The Morgan fingerprint density at radius 3 is 2.76 bits per heavy atom. The minimum absolute atomic E-state index is 0.253. The van der Waals surface area contributed by atoms with Crippen LogP contribution in [0, 0.1) is 0 Å². The smallest absolute Gasteiger partial charge is 0.329 e. The molecule has 0 fully saturated rings. The van der Waals surface area contributed by atoms with Crippen LogP contribution < -0.4 is 11.2 Å². The summed E-state index contributed by atoms with van der Waals surface area (Å²) in [6, 6.07) is 0. The van der Waals surface area contributed by atoms with Crippen LogP contribution in [-0.2, 0) is 23.1 Å². The van der Waals surface area contributed by atoms with Crippen molar-refractivity contribution in [2.45, 2.75) is 25.0 Å². The van der Waals surface area contributed by atoms with Crippen molar-refractivity contribution < 1.29 is 9.53 Å². The fourth-order valence-corrected chi connectivity index (χ4v) is 2.92. The number of ether oxygens (including phenoxy) is 1. The molecular weight excluding hydrogens is 296 g/mol. The van der Waals surface area contributed by atoms with E-state index in [-0.39, 0.29) is 12.4 Å². The average molecular weight is 312 g/mol. The molecule has 0 aliphatic heterocycles. The zero-order chi connectivity index (χ0) is 15.6. The summed E-state index contributed by atoms with van der Waals surface area (Å²) >= 11 is 1.35.